The van der Waals surface area contributed by atoms with Crippen LogP contribution in [0.1, 0.15) is 10.4 Å². The predicted molar refractivity (Wildman–Crippen MR) is 53.0 cm³/mol. The zero-order chi connectivity index (χ0) is 11.0. The van der Waals surface area contributed by atoms with Crippen molar-refractivity contribution in [3.05, 3.63) is 16.4 Å². The number of hydrogen-bond acceptors (Lipinski definition) is 5. The molecule has 0 atom stereocenters. The SMILES string of the molecule is COc1ncc(C(=O)O)c2onc(Br)c12. The second-order valence-corrected chi connectivity index (χ2v) is 3.41. The Balaban J connectivity index is 2.85. The molecule has 0 spiro atoms. The average molecular weight is 273 g/mol. The van der Waals surface area contributed by atoms with Gasteiger partial charge in [-0.3, -0.25) is 0 Å². The van der Waals surface area contributed by atoms with E-state index in [1.54, 1.807) is 0 Å². The van der Waals surface area contributed by atoms with Gasteiger partial charge in [0.05, 0.1) is 7.11 Å². The molecule has 15 heavy (non-hydrogen) atoms. The van der Waals surface area contributed by atoms with Gasteiger partial charge in [-0.1, -0.05) is 5.16 Å². The summed E-state index contributed by atoms with van der Waals surface area (Å²) in [5.74, 6) is -0.859. The summed E-state index contributed by atoms with van der Waals surface area (Å²) in [6, 6.07) is 0. The van der Waals surface area contributed by atoms with Gasteiger partial charge in [-0.2, -0.15) is 0 Å². The minimum Gasteiger partial charge on any atom is -0.480 e. The Morgan fingerprint density at radius 1 is 1.67 bits per heavy atom. The van der Waals surface area contributed by atoms with Gasteiger partial charge in [0.15, 0.2) is 10.2 Å². The van der Waals surface area contributed by atoms with Crippen molar-refractivity contribution in [3.63, 3.8) is 0 Å². The molecule has 78 valence electrons. The molecule has 6 nitrogen and oxygen atoms in total. The number of methoxy groups -OCH3 is 1. The van der Waals surface area contributed by atoms with Gasteiger partial charge in [0.25, 0.3) is 0 Å². The number of nitrogens with zero attached hydrogens (tertiary/aromatic N) is 2. The lowest BCUT2D eigenvalue weighted by atomic mass is 10.2. The van der Waals surface area contributed by atoms with Crippen LogP contribution in [0.2, 0.25) is 0 Å². The molecule has 0 bridgehead atoms. The second-order valence-electron chi connectivity index (χ2n) is 2.66. The van der Waals surface area contributed by atoms with E-state index in [1.165, 1.54) is 13.3 Å². The van der Waals surface area contributed by atoms with E-state index in [0.29, 0.717) is 9.99 Å². The van der Waals surface area contributed by atoms with E-state index >= 15 is 0 Å². The van der Waals surface area contributed by atoms with Crippen LogP contribution in [0.15, 0.2) is 15.3 Å². The minimum absolute atomic E-state index is 0.0519. The Bertz CT molecular complexity index is 537. The van der Waals surface area contributed by atoms with Crippen LogP contribution in [0, 0.1) is 0 Å². The highest BCUT2D eigenvalue weighted by atomic mass is 79.9. The van der Waals surface area contributed by atoms with Gasteiger partial charge < -0.3 is 14.4 Å². The summed E-state index contributed by atoms with van der Waals surface area (Å²) in [6.07, 6.45) is 1.17. The summed E-state index contributed by atoms with van der Waals surface area (Å²) in [6.45, 7) is 0. The summed E-state index contributed by atoms with van der Waals surface area (Å²) in [5.41, 5.74) is 0.0882. The lowest BCUT2D eigenvalue weighted by Gasteiger charge is -2.00. The molecule has 2 aromatic heterocycles. The van der Waals surface area contributed by atoms with Gasteiger partial charge >= 0.3 is 5.97 Å². The molecule has 2 rings (SSSR count). The van der Waals surface area contributed by atoms with E-state index < -0.39 is 5.97 Å². The third-order valence-electron chi connectivity index (χ3n) is 1.84. The molecule has 0 unspecified atom stereocenters. The van der Waals surface area contributed by atoms with Crippen molar-refractivity contribution in [1.29, 1.82) is 0 Å². The molecule has 2 aromatic rings. The van der Waals surface area contributed by atoms with Gasteiger partial charge in [0.1, 0.15) is 10.9 Å². The van der Waals surface area contributed by atoms with Crippen LogP contribution in [-0.2, 0) is 0 Å². The molecular formula is C8H5BrN2O4. The van der Waals surface area contributed by atoms with Crippen LogP contribution >= 0.6 is 15.9 Å². The van der Waals surface area contributed by atoms with Crippen molar-refractivity contribution in [2.45, 2.75) is 0 Å². The van der Waals surface area contributed by atoms with Crippen LogP contribution in [0.4, 0.5) is 0 Å². The first-order valence-electron chi connectivity index (χ1n) is 3.86. The molecule has 2 heterocycles. The largest absolute Gasteiger partial charge is 0.480 e. The highest BCUT2D eigenvalue weighted by Gasteiger charge is 2.20. The van der Waals surface area contributed by atoms with Crippen LogP contribution in [0.5, 0.6) is 5.88 Å². The number of halogens is 1. The average Bonchev–Trinajstić information content (AvgIpc) is 2.60. The molecular weight excluding hydrogens is 268 g/mol. The number of rotatable bonds is 2. The lowest BCUT2D eigenvalue weighted by Crippen LogP contribution is -1.99. The van der Waals surface area contributed by atoms with E-state index in [0.717, 1.165) is 0 Å². The Hall–Kier alpha value is -1.63. The number of carboxylic acid groups (broad SMARTS) is 1. The Morgan fingerprint density at radius 2 is 2.40 bits per heavy atom. The summed E-state index contributed by atoms with van der Waals surface area (Å²) < 4.78 is 10.2. The predicted octanol–water partition coefficient (Wildman–Crippen LogP) is 1.69. The standard InChI is InChI=1S/C8H5BrN2O4/c1-14-7-4-5(15-11-6(4)9)3(2-10-7)8(12)13/h2H,1H3,(H,12,13). The fraction of sp³-hybridized carbons (Fsp3) is 0.125. The third-order valence-corrected chi connectivity index (χ3v) is 2.38. The molecule has 1 N–H and O–H groups in total. The molecule has 0 saturated heterocycles. The summed E-state index contributed by atoms with van der Waals surface area (Å²) in [4.78, 5) is 14.7. The number of fused-ring (bicyclic) bond motifs is 1. The van der Waals surface area contributed by atoms with Gasteiger partial charge in [0.2, 0.25) is 5.88 Å². The zero-order valence-electron chi connectivity index (χ0n) is 7.52. The van der Waals surface area contributed by atoms with E-state index in [9.17, 15) is 4.79 Å². The van der Waals surface area contributed by atoms with Gasteiger partial charge in [-0.15, -0.1) is 0 Å². The molecule has 0 fully saturated rings. The first-order valence-corrected chi connectivity index (χ1v) is 4.65. The van der Waals surface area contributed by atoms with E-state index in [2.05, 4.69) is 26.1 Å². The van der Waals surface area contributed by atoms with Crippen LogP contribution in [0.3, 0.4) is 0 Å². The number of hydrogen-bond donors (Lipinski definition) is 1. The molecule has 0 amide bonds. The van der Waals surface area contributed by atoms with Crippen LogP contribution in [-0.4, -0.2) is 28.3 Å². The van der Waals surface area contributed by atoms with Gasteiger partial charge in [-0.05, 0) is 15.9 Å². The fourth-order valence-corrected chi connectivity index (χ4v) is 1.62. The Kier molecular flexibility index (Phi) is 2.31. The number of aromatic carboxylic acids is 1. The monoisotopic (exact) mass is 272 g/mol. The summed E-state index contributed by atoms with van der Waals surface area (Å²) in [7, 11) is 1.43. The van der Waals surface area contributed by atoms with Crippen molar-refractivity contribution in [2.75, 3.05) is 7.11 Å². The fourth-order valence-electron chi connectivity index (χ4n) is 1.19. The van der Waals surface area contributed by atoms with Crippen molar-refractivity contribution in [3.8, 4) is 5.88 Å². The first kappa shape index (κ1) is 9.91. The Morgan fingerprint density at radius 3 is 3.00 bits per heavy atom. The second kappa shape index (κ2) is 3.50. The minimum atomic E-state index is -1.13. The molecule has 7 heteroatoms. The van der Waals surface area contributed by atoms with E-state index in [1.807, 2.05) is 0 Å². The number of pyridine rings is 1. The van der Waals surface area contributed by atoms with Crippen molar-refractivity contribution in [1.82, 2.24) is 10.1 Å². The topological polar surface area (TPSA) is 85.5 Å². The highest BCUT2D eigenvalue weighted by molar-refractivity contribution is 9.10. The van der Waals surface area contributed by atoms with Crippen molar-refractivity contribution >= 4 is 32.9 Å². The number of ether oxygens (including phenoxy) is 1. The third kappa shape index (κ3) is 1.44. The quantitative estimate of drug-likeness (QED) is 0.896. The van der Waals surface area contributed by atoms with Crippen molar-refractivity contribution in [2.24, 2.45) is 0 Å². The van der Waals surface area contributed by atoms with E-state index in [-0.39, 0.29) is 17.0 Å². The van der Waals surface area contributed by atoms with Crippen LogP contribution in [0.25, 0.3) is 11.0 Å². The normalized spacial score (nSPS) is 10.5. The zero-order valence-corrected chi connectivity index (χ0v) is 9.11. The molecule has 0 saturated carbocycles. The molecule has 0 aliphatic carbocycles. The number of aromatic nitrogens is 2. The van der Waals surface area contributed by atoms with Crippen LogP contribution < -0.4 is 4.74 Å². The maximum Gasteiger partial charge on any atom is 0.341 e. The number of carboxylic acids is 1. The van der Waals surface area contributed by atoms with E-state index in [4.69, 9.17) is 14.4 Å². The first-order chi connectivity index (χ1) is 7.15. The highest BCUT2D eigenvalue weighted by Crippen LogP contribution is 2.32. The molecule has 0 aromatic carbocycles. The smallest absolute Gasteiger partial charge is 0.341 e. The summed E-state index contributed by atoms with van der Waals surface area (Å²) in [5, 5.41) is 12.9. The summed E-state index contributed by atoms with van der Waals surface area (Å²) >= 11 is 3.12. The van der Waals surface area contributed by atoms with Gasteiger partial charge in [0, 0.05) is 6.20 Å². The Labute approximate surface area is 92.0 Å². The van der Waals surface area contributed by atoms with Gasteiger partial charge in [-0.25, -0.2) is 9.78 Å². The maximum absolute atomic E-state index is 10.8. The molecule has 0 aliphatic heterocycles. The number of carbonyl (C=O) groups is 1. The molecule has 0 radical (unpaired) electrons. The maximum atomic E-state index is 10.8. The van der Waals surface area contributed by atoms with Crippen molar-refractivity contribution < 1.29 is 19.2 Å². The molecule has 0 aliphatic rings. The lowest BCUT2D eigenvalue weighted by molar-refractivity contribution is 0.0697.